The van der Waals surface area contributed by atoms with Gasteiger partial charge in [0.25, 0.3) is 0 Å². The Morgan fingerprint density at radius 3 is 1.31 bits per heavy atom. The van der Waals surface area contributed by atoms with E-state index in [-0.39, 0.29) is 0 Å². The van der Waals surface area contributed by atoms with Crippen molar-refractivity contribution < 1.29 is 4.74 Å². The second-order valence-electron chi connectivity index (χ2n) is 14.8. The highest BCUT2D eigenvalue weighted by atomic mass is 16.5. The van der Waals surface area contributed by atoms with Crippen molar-refractivity contribution in [1.29, 1.82) is 0 Å². The Morgan fingerprint density at radius 1 is 0.322 bits per heavy atom. The third-order valence-electron chi connectivity index (χ3n) is 11.8. The molecule has 1 aliphatic heterocycles. The lowest BCUT2D eigenvalue weighted by Crippen LogP contribution is -2.32. The molecule has 2 heteroatoms. The summed E-state index contributed by atoms with van der Waals surface area (Å²) < 4.78 is 6.63. The van der Waals surface area contributed by atoms with E-state index in [9.17, 15) is 0 Å². The highest BCUT2D eigenvalue weighted by Crippen LogP contribution is 2.64. The van der Waals surface area contributed by atoms with Gasteiger partial charge in [-0.2, -0.15) is 0 Å². The van der Waals surface area contributed by atoms with Crippen LogP contribution in [-0.2, 0) is 5.41 Å². The number of benzene rings is 9. The second kappa shape index (κ2) is 15.2. The second-order valence-corrected chi connectivity index (χ2v) is 14.8. The molecule has 2 aliphatic rings. The van der Waals surface area contributed by atoms with Gasteiger partial charge in [-0.15, -0.1) is 0 Å². The number of fused-ring (bicyclic) bond motifs is 9. The summed E-state index contributed by atoms with van der Waals surface area (Å²) >= 11 is 0. The molecule has 0 radical (unpaired) electrons. The highest BCUT2D eigenvalue weighted by molar-refractivity contribution is 5.98. The van der Waals surface area contributed by atoms with Gasteiger partial charge >= 0.3 is 0 Å². The fourth-order valence-electron chi connectivity index (χ4n) is 9.33. The molecule has 0 aromatic heterocycles. The first kappa shape index (κ1) is 36.0. The van der Waals surface area contributed by atoms with Crippen LogP contribution in [0.15, 0.2) is 224 Å². The summed E-state index contributed by atoms with van der Waals surface area (Å²) in [6, 6.07) is 81.0. The van der Waals surface area contributed by atoms with Gasteiger partial charge in [-0.1, -0.05) is 196 Å². The molecule has 282 valence electrons. The topological polar surface area (TPSA) is 12.5 Å². The predicted octanol–water partition coefficient (Wildman–Crippen LogP) is 15.7. The quantitative estimate of drug-likeness (QED) is 0.167. The smallest absolute Gasteiger partial charge is 0.132 e. The van der Waals surface area contributed by atoms with E-state index in [4.69, 9.17) is 4.74 Å². The molecule has 0 fully saturated rings. The molecule has 59 heavy (non-hydrogen) atoms. The van der Waals surface area contributed by atoms with Crippen LogP contribution < -0.4 is 9.64 Å². The van der Waals surface area contributed by atoms with Gasteiger partial charge in [0.2, 0.25) is 0 Å². The van der Waals surface area contributed by atoms with Gasteiger partial charge in [0, 0.05) is 28.1 Å². The number of hydrogen-bond acceptors (Lipinski definition) is 2. The first-order chi connectivity index (χ1) is 29.3. The van der Waals surface area contributed by atoms with Crippen LogP contribution in [0.1, 0.15) is 36.1 Å². The van der Waals surface area contributed by atoms with Crippen LogP contribution in [0, 0.1) is 0 Å². The Hall–Kier alpha value is -7.42. The van der Waals surface area contributed by atoms with E-state index in [2.05, 4.69) is 229 Å². The fourth-order valence-corrected chi connectivity index (χ4v) is 9.33. The summed E-state index contributed by atoms with van der Waals surface area (Å²) in [5, 5.41) is 0. The van der Waals surface area contributed by atoms with Crippen LogP contribution in [0.3, 0.4) is 0 Å². The average Bonchev–Trinajstić information content (AvgIpc) is 3.62. The van der Waals surface area contributed by atoms with Crippen molar-refractivity contribution in [2.24, 2.45) is 0 Å². The number of hydrogen-bond donors (Lipinski definition) is 0. The number of ether oxygens (including phenoxy) is 1. The van der Waals surface area contributed by atoms with E-state index in [0.717, 1.165) is 39.7 Å². The zero-order valence-electron chi connectivity index (χ0n) is 33.2. The molecule has 1 aliphatic carbocycles. The van der Waals surface area contributed by atoms with Crippen molar-refractivity contribution in [3.8, 4) is 56.0 Å². The summed E-state index contributed by atoms with van der Waals surface area (Å²) in [5.41, 5.74) is 17.2. The van der Waals surface area contributed by atoms with Crippen LogP contribution in [0.2, 0.25) is 0 Å². The van der Waals surface area contributed by atoms with Gasteiger partial charge < -0.3 is 9.64 Å². The molecule has 9 aromatic carbocycles. The van der Waals surface area contributed by atoms with E-state index in [1.807, 2.05) is 13.8 Å². The molecular formula is C57H43NO. The predicted molar refractivity (Wildman–Crippen MR) is 246 cm³/mol. The third kappa shape index (κ3) is 5.87. The van der Waals surface area contributed by atoms with Gasteiger partial charge in [0.05, 0.1) is 11.1 Å². The van der Waals surface area contributed by atoms with Crippen LogP contribution in [-0.4, -0.2) is 0 Å². The molecule has 1 heterocycles. The van der Waals surface area contributed by atoms with Crippen molar-refractivity contribution >= 4 is 17.1 Å². The van der Waals surface area contributed by atoms with Gasteiger partial charge in [-0.05, 0) is 92.5 Å². The van der Waals surface area contributed by atoms with Gasteiger partial charge in [0.1, 0.15) is 11.5 Å². The summed E-state index contributed by atoms with van der Waals surface area (Å²) in [6.45, 7) is 4.00. The largest absolute Gasteiger partial charge is 0.457 e. The highest BCUT2D eigenvalue weighted by Gasteiger charge is 2.51. The van der Waals surface area contributed by atoms with E-state index in [0.29, 0.717) is 0 Å². The van der Waals surface area contributed by atoms with Crippen molar-refractivity contribution in [2.75, 3.05) is 4.90 Å². The number of anilines is 3. The maximum absolute atomic E-state index is 6.63. The number of rotatable bonds is 6. The zero-order valence-corrected chi connectivity index (χ0v) is 33.2. The van der Waals surface area contributed by atoms with Gasteiger partial charge in [-0.25, -0.2) is 0 Å². The number of nitrogens with zero attached hydrogens (tertiary/aromatic N) is 1. The van der Waals surface area contributed by atoms with Crippen molar-refractivity contribution in [2.45, 2.75) is 19.3 Å². The molecule has 11 rings (SSSR count). The summed E-state index contributed by atoms with van der Waals surface area (Å²) in [5.74, 6) is 1.79. The Morgan fingerprint density at radius 2 is 0.729 bits per heavy atom. The number of para-hydroxylation sites is 2. The van der Waals surface area contributed by atoms with E-state index >= 15 is 0 Å². The normalized spacial score (nSPS) is 12.5. The Bertz CT molecular complexity index is 2870. The molecule has 2 nitrogen and oxygen atoms in total. The Balaban J connectivity index is 0.00000207. The van der Waals surface area contributed by atoms with Gasteiger partial charge in [-0.3, -0.25) is 0 Å². The minimum absolute atomic E-state index is 0.554. The molecular weight excluding hydrogens is 715 g/mol. The van der Waals surface area contributed by atoms with Crippen LogP contribution in [0.5, 0.6) is 11.5 Å². The SMILES string of the molecule is CC.c1ccc(-c2ccc(N(c3ccc(-c4ccccc4-c4ccccc4)cc3)c3cccc4c3-c3ccccc3C43c4ccccc4Oc4ccccc43)cc2)cc1. The molecule has 0 amide bonds. The van der Waals surface area contributed by atoms with E-state index in [1.165, 1.54) is 55.6 Å². The van der Waals surface area contributed by atoms with Crippen molar-refractivity contribution in [1.82, 2.24) is 0 Å². The van der Waals surface area contributed by atoms with Crippen LogP contribution in [0.25, 0.3) is 44.5 Å². The average molecular weight is 758 g/mol. The summed E-state index contributed by atoms with van der Waals surface area (Å²) in [4.78, 5) is 2.44. The molecule has 0 N–H and O–H groups in total. The fraction of sp³-hybridized carbons (Fsp3) is 0.0526. The zero-order chi connectivity index (χ0) is 39.8. The maximum Gasteiger partial charge on any atom is 0.132 e. The third-order valence-corrected chi connectivity index (χ3v) is 11.8. The Labute approximate surface area is 347 Å². The van der Waals surface area contributed by atoms with Crippen molar-refractivity contribution in [3.05, 3.63) is 247 Å². The van der Waals surface area contributed by atoms with Crippen LogP contribution in [0.4, 0.5) is 17.1 Å². The van der Waals surface area contributed by atoms with Crippen molar-refractivity contribution in [3.63, 3.8) is 0 Å². The molecule has 1 spiro atoms. The first-order valence-corrected chi connectivity index (χ1v) is 20.6. The Kier molecular flexibility index (Phi) is 9.24. The van der Waals surface area contributed by atoms with E-state index < -0.39 is 5.41 Å². The van der Waals surface area contributed by atoms with Crippen LogP contribution >= 0.6 is 0 Å². The first-order valence-electron chi connectivity index (χ1n) is 20.6. The lowest BCUT2D eigenvalue weighted by molar-refractivity contribution is 0.436. The van der Waals surface area contributed by atoms with E-state index in [1.54, 1.807) is 0 Å². The molecule has 9 aromatic rings. The molecule has 0 saturated carbocycles. The standard InChI is InChI=1S/C55H37NO.C2H6/c1-3-16-38(17-4-1)39-30-34-42(35-31-39)56(43-36-32-41(33-37-43)45-21-8-7-20-44(45)40-18-5-2-6-19-40)51-27-15-26-50-54(51)46-22-9-10-23-47(46)55(50)48-24-11-13-28-52(48)57-53-29-14-12-25-49(53)55;1-2/h1-37H;1-2H3. The summed E-state index contributed by atoms with van der Waals surface area (Å²) in [7, 11) is 0. The molecule has 0 bridgehead atoms. The monoisotopic (exact) mass is 757 g/mol. The minimum Gasteiger partial charge on any atom is -0.457 e. The lowest BCUT2D eigenvalue weighted by Gasteiger charge is -2.39. The minimum atomic E-state index is -0.554. The maximum atomic E-state index is 6.63. The molecule has 0 unspecified atom stereocenters. The summed E-state index contributed by atoms with van der Waals surface area (Å²) in [6.07, 6.45) is 0. The molecule has 0 saturated heterocycles. The lowest BCUT2D eigenvalue weighted by atomic mass is 9.66. The molecule has 0 atom stereocenters. The van der Waals surface area contributed by atoms with Gasteiger partial charge in [0.15, 0.2) is 0 Å².